The SMILES string of the molecule is CC1CN(C)CCC1Nc1ncc(N)cc1Cl. The minimum absolute atomic E-state index is 0.430. The van der Waals surface area contributed by atoms with E-state index in [4.69, 9.17) is 17.3 Å². The minimum Gasteiger partial charge on any atom is -0.397 e. The summed E-state index contributed by atoms with van der Waals surface area (Å²) in [6.07, 6.45) is 2.74. The third kappa shape index (κ3) is 3.01. The third-order valence-corrected chi connectivity index (χ3v) is 3.58. The lowest BCUT2D eigenvalue weighted by molar-refractivity contribution is 0.206. The molecule has 4 nitrogen and oxygen atoms in total. The number of hydrogen-bond acceptors (Lipinski definition) is 4. The standard InChI is InChI=1S/C12H19ClN4/c1-8-7-17(2)4-3-11(8)16-12-10(13)5-9(14)6-15-12/h5-6,8,11H,3-4,7,14H2,1-2H3,(H,15,16). The van der Waals surface area contributed by atoms with Crippen LogP contribution in [-0.4, -0.2) is 36.1 Å². The molecule has 5 heteroatoms. The fraction of sp³-hybridized carbons (Fsp3) is 0.583. The number of aromatic nitrogens is 1. The molecule has 0 amide bonds. The van der Waals surface area contributed by atoms with Gasteiger partial charge in [-0.05, 0) is 32.0 Å². The van der Waals surface area contributed by atoms with Crippen molar-refractivity contribution in [2.75, 3.05) is 31.2 Å². The number of rotatable bonds is 2. The molecule has 0 aliphatic carbocycles. The smallest absolute Gasteiger partial charge is 0.145 e. The summed E-state index contributed by atoms with van der Waals surface area (Å²) in [6.45, 7) is 4.46. The molecule has 0 spiro atoms. The van der Waals surface area contributed by atoms with Gasteiger partial charge in [-0.3, -0.25) is 0 Å². The van der Waals surface area contributed by atoms with Crippen molar-refractivity contribution in [3.05, 3.63) is 17.3 Å². The highest BCUT2D eigenvalue weighted by atomic mass is 35.5. The van der Waals surface area contributed by atoms with Crippen LogP contribution in [0.2, 0.25) is 5.02 Å². The van der Waals surface area contributed by atoms with E-state index in [1.165, 1.54) is 0 Å². The summed E-state index contributed by atoms with van der Waals surface area (Å²) in [4.78, 5) is 6.59. The number of pyridine rings is 1. The van der Waals surface area contributed by atoms with E-state index in [2.05, 4.69) is 29.2 Å². The lowest BCUT2D eigenvalue weighted by atomic mass is 9.94. The van der Waals surface area contributed by atoms with Crippen molar-refractivity contribution in [1.29, 1.82) is 0 Å². The molecule has 2 atom stereocenters. The number of likely N-dealkylation sites (tertiary alicyclic amines) is 1. The summed E-state index contributed by atoms with van der Waals surface area (Å²) < 4.78 is 0. The molecule has 17 heavy (non-hydrogen) atoms. The molecule has 1 fully saturated rings. The number of nitrogens with one attached hydrogen (secondary N) is 1. The predicted molar refractivity (Wildman–Crippen MR) is 72.3 cm³/mol. The lowest BCUT2D eigenvalue weighted by Gasteiger charge is -2.35. The van der Waals surface area contributed by atoms with E-state index in [0.29, 0.717) is 22.7 Å². The first kappa shape index (κ1) is 12.5. The maximum Gasteiger partial charge on any atom is 0.145 e. The minimum atomic E-state index is 0.430. The number of nitrogens with two attached hydrogens (primary N) is 1. The molecule has 1 aliphatic heterocycles. The van der Waals surface area contributed by atoms with Crippen molar-refractivity contribution >= 4 is 23.1 Å². The molecular formula is C12H19ClN4. The second-order valence-electron chi connectivity index (χ2n) is 4.88. The van der Waals surface area contributed by atoms with Gasteiger partial charge >= 0.3 is 0 Å². The first-order chi connectivity index (χ1) is 8.06. The Labute approximate surface area is 107 Å². The summed E-state index contributed by atoms with van der Waals surface area (Å²) in [5.41, 5.74) is 6.22. The number of halogens is 1. The Morgan fingerprint density at radius 3 is 3.00 bits per heavy atom. The van der Waals surface area contributed by atoms with Crippen molar-refractivity contribution in [2.24, 2.45) is 5.92 Å². The molecule has 0 bridgehead atoms. The molecule has 1 aromatic rings. The van der Waals surface area contributed by atoms with E-state index in [9.17, 15) is 0 Å². The van der Waals surface area contributed by atoms with E-state index in [1.807, 2.05) is 0 Å². The van der Waals surface area contributed by atoms with E-state index in [0.717, 1.165) is 25.3 Å². The van der Waals surface area contributed by atoms with Crippen LogP contribution in [0.5, 0.6) is 0 Å². The van der Waals surface area contributed by atoms with Gasteiger partial charge in [0.05, 0.1) is 16.9 Å². The van der Waals surface area contributed by atoms with Gasteiger partial charge in [0.2, 0.25) is 0 Å². The Hall–Kier alpha value is -1.00. The average molecular weight is 255 g/mol. The van der Waals surface area contributed by atoms with Crippen molar-refractivity contribution in [3.63, 3.8) is 0 Å². The third-order valence-electron chi connectivity index (χ3n) is 3.29. The highest BCUT2D eigenvalue weighted by molar-refractivity contribution is 6.33. The average Bonchev–Trinajstić information content (AvgIpc) is 2.25. The summed E-state index contributed by atoms with van der Waals surface area (Å²) in [5.74, 6) is 1.33. The quantitative estimate of drug-likeness (QED) is 0.849. The zero-order valence-electron chi connectivity index (χ0n) is 10.3. The van der Waals surface area contributed by atoms with Crippen LogP contribution in [-0.2, 0) is 0 Å². The van der Waals surface area contributed by atoms with Gasteiger partial charge < -0.3 is 16.0 Å². The maximum atomic E-state index is 6.11. The maximum absolute atomic E-state index is 6.11. The molecule has 2 rings (SSSR count). The van der Waals surface area contributed by atoms with Crippen LogP contribution in [0.15, 0.2) is 12.3 Å². The Balaban J connectivity index is 2.05. The largest absolute Gasteiger partial charge is 0.397 e. The van der Waals surface area contributed by atoms with Gasteiger partial charge in [0.15, 0.2) is 0 Å². The van der Waals surface area contributed by atoms with Crippen LogP contribution in [0.1, 0.15) is 13.3 Å². The predicted octanol–water partition coefficient (Wildman–Crippen LogP) is 2.07. The molecule has 1 aromatic heterocycles. The van der Waals surface area contributed by atoms with Crippen LogP contribution < -0.4 is 11.1 Å². The number of hydrogen-bond donors (Lipinski definition) is 2. The molecule has 0 saturated carbocycles. The Morgan fingerprint density at radius 1 is 1.59 bits per heavy atom. The zero-order valence-corrected chi connectivity index (χ0v) is 11.0. The Kier molecular flexibility index (Phi) is 3.74. The molecule has 94 valence electrons. The molecule has 0 radical (unpaired) electrons. The van der Waals surface area contributed by atoms with Crippen LogP contribution in [0, 0.1) is 5.92 Å². The van der Waals surface area contributed by atoms with Gasteiger partial charge in [0.25, 0.3) is 0 Å². The Bertz CT molecular complexity index is 396. The fourth-order valence-electron chi connectivity index (χ4n) is 2.30. The summed E-state index contributed by atoms with van der Waals surface area (Å²) >= 11 is 6.11. The number of piperidine rings is 1. The van der Waals surface area contributed by atoms with Crippen LogP contribution in [0.4, 0.5) is 11.5 Å². The molecule has 2 unspecified atom stereocenters. The highest BCUT2D eigenvalue weighted by Gasteiger charge is 2.24. The Morgan fingerprint density at radius 2 is 2.35 bits per heavy atom. The summed E-state index contributed by atoms with van der Waals surface area (Å²) in [6, 6.07) is 2.16. The van der Waals surface area contributed by atoms with Crippen molar-refractivity contribution in [1.82, 2.24) is 9.88 Å². The zero-order chi connectivity index (χ0) is 12.4. The van der Waals surface area contributed by atoms with E-state index in [1.54, 1.807) is 12.3 Å². The van der Waals surface area contributed by atoms with Gasteiger partial charge in [-0.25, -0.2) is 4.98 Å². The second kappa shape index (κ2) is 5.10. The first-order valence-electron chi connectivity index (χ1n) is 5.92. The first-order valence-corrected chi connectivity index (χ1v) is 6.30. The van der Waals surface area contributed by atoms with Gasteiger partial charge in [-0.2, -0.15) is 0 Å². The van der Waals surface area contributed by atoms with E-state index < -0.39 is 0 Å². The second-order valence-corrected chi connectivity index (χ2v) is 5.29. The molecule has 0 aromatic carbocycles. The number of anilines is 2. The van der Waals surface area contributed by atoms with Crippen molar-refractivity contribution in [3.8, 4) is 0 Å². The van der Waals surface area contributed by atoms with E-state index in [-0.39, 0.29) is 0 Å². The molecule has 1 saturated heterocycles. The topological polar surface area (TPSA) is 54.2 Å². The molecular weight excluding hydrogens is 236 g/mol. The molecule has 1 aliphatic rings. The van der Waals surface area contributed by atoms with Crippen molar-refractivity contribution < 1.29 is 0 Å². The highest BCUT2D eigenvalue weighted by Crippen LogP contribution is 2.25. The van der Waals surface area contributed by atoms with E-state index >= 15 is 0 Å². The number of nitrogens with zero attached hydrogens (tertiary/aromatic N) is 2. The normalized spacial score (nSPS) is 25.8. The molecule has 3 N–H and O–H groups in total. The van der Waals surface area contributed by atoms with Gasteiger partial charge in [-0.1, -0.05) is 18.5 Å². The molecule has 2 heterocycles. The van der Waals surface area contributed by atoms with Gasteiger partial charge in [-0.15, -0.1) is 0 Å². The van der Waals surface area contributed by atoms with Gasteiger partial charge in [0, 0.05) is 12.6 Å². The fourth-order valence-corrected chi connectivity index (χ4v) is 2.53. The van der Waals surface area contributed by atoms with Gasteiger partial charge in [0.1, 0.15) is 5.82 Å². The number of nitrogen functional groups attached to an aromatic ring is 1. The summed E-state index contributed by atoms with van der Waals surface area (Å²) in [7, 11) is 2.15. The van der Waals surface area contributed by atoms with Crippen molar-refractivity contribution in [2.45, 2.75) is 19.4 Å². The monoisotopic (exact) mass is 254 g/mol. The van der Waals surface area contributed by atoms with Crippen LogP contribution >= 0.6 is 11.6 Å². The van der Waals surface area contributed by atoms with Crippen LogP contribution in [0.25, 0.3) is 0 Å². The van der Waals surface area contributed by atoms with Crippen LogP contribution in [0.3, 0.4) is 0 Å². The summed E-state index contributed by atoms with van der Waals surface area (Å²) in [5, 5.41) is 4.02. The lowest BCUT2D eigenvalue weighted by Crippen LogP contribution is -2.43.